The molecule has 0 aromatic heterocycles. The summed E-state index contributed by atoms with van der Waals surface area (Å²) in [5.41, 5.74) is 0.312. The molecule has 0 saturated heterocycles. The lowest BCUT2D eigenvalue weighted by atomic mass is 9.46. The van der Waals surface area contributed by atoms with Crippen LogP contribution in [0.1, 0.15) is 78.6 Å². The molecule has 0 amide bonds. The second kappa shape index (κ2) is 7.45. The standard InChI is InChI=1S/C23H38O3/c1-4-15-7-18(5-2)21(12-15)22(24)26-14-25-13-23(3)19-8-16-6-17(10-19)11-20(23)9-16/h15-21H,4-14H2,1-3H3. The Balaban J connectivity index is 1.24. The van der Waals surface area contributed by atoms with Gasteiger partial charge in [0.25, 0.3) is 0 Å². The Morgan fingerprint density at radius 1 is 0.923 bits per heavy atom. The molecule has 0 radical (unpaired) electrons. The molecule has 0 aliphatic heterocycles. The number of ether oxygens (including phenoxy) is 2. The third kappa shape index (κ3) is 3.34. The molecule has 3 atom stereocenters. The number of carbonyl (C=O) groups is 1. The molecule has 0 spiro atoms. The Labute approximate surface area is 159 Å². The van der Waals surface area contributed by atoms with Gasteiger partial charge in [-0.1, -0.05) is 33.6 Å². The zero-order chi connectivity index (χ0) is 18.3. The van der Waals surface area contributed by atoms with Crippen LogP contribution in [-0.4, -0.2) is 19.4 Å². The summed E-state index contributed by atoms with van der Waals surface area (Å²) >= 11 is 0. The van der Waals surface area contributed by atoms with Gasteiger partial charge in [-0.3, -0.25) is 4.79 Å². The summed E-state index contributed by atoms with van der Waals surface area (Å²) in [7, 11) is 0. The highest BCUT2D eigenvalue weighted by Crippen LogP contribution is 2.62. The topological polar surface area (TPSA) is 35.5 Å². The molecule has 0 aromatic carbocycles. The van der Waals surface area contributed by atoms with Crippen molar-refractivity contribution in [3.05, 3.63) is 0 Å². The molecule has 4 bridgehead atoms. The fraction of sp³-hybridized carbons (Fsp3) is 0.957. The molecule has 0 N–H and O–H groups in total. The molecular formula is C23H38O3. The molecule has 5 saturated carbocycles. The molecule has 5 fully saturated rings. The summed E-state index contributed by atoms with van der Waals surface area (Å²) in [4.78, 5) is 12.5. The summed E-state index contributed by atoms with van der Waals surface area (Å²) < 4.78 is 11.5. The van der Waals surface area contributed by atoms with Gasteiger partial charge in [-0.15, -0.1) is 0 Å². The maximum Gasteiger partial charge on any atom is 0.311 e. The lowest BCUT2D eigenvalue weighted by Gasteiger charge is -2.60. The Hall–Kier alpha value is -0.570. The molecule has 3 heteroatoms. The van der Waals surface area contributed by atoms with Crippen LogP contribution in [0.25, 0.3) is 0 Å². The zero-order valence-corrected chi connectivity index (χ0v) is 17.0. The Kier molecular flexibility index (Phi) is 5.38. The van der Waals surface area contributed by atoms with Crippen molar-refractivity contribution in [1.82, 2.24) is 0 Å². The second-order valence-electron chi connectivity index (χ2n) is 10.3. The van der Waals surface area contributed by atoms with Crippen molar-refractivity contribution in [3.8, 4) is 0 Å². The van der Waals surface area contributed by atoms with E-state index in [0.29, 0.717) is 17.3 Å². The van der Waals surface area contributed by atoms with Gasteiger partial charge in [-0.2, -0.15) is 0 Å². The first kappa shape index (κ1) is 18.8. The highest BCUT2D eigenvalue weighted by molar-refractivity contribution is 5.73. The van der Waals surface area contributed by atoms with Gasteiger partial charge < -0.3 is 9.47 Å². The minimum Gasteiger partial charge on any atom is -0.438 e. The highest BCUT2D eigenvalue weighted by Gasteiger charge is 2.54. The number of rotatable bonds is 7. The van der Waals surface area contributed by atoms with Crippen molar-refractivity contribution >= 4 is 5.97 Å². The van der Waals surface area contributed by atoms with E-state index in [1.165, 1.54) is 44.9 Å². The largest absolute Gasteiger partial charge is 0.438 e. The van der Waals surface area contributed by atoms with E-state index in [0.717, 1.165) is 43.1 Å². The van der Waals surface area contributed by atoms with E-state index in [2.05, 4.69) is 20.8 Å². The quantitative estimate of drug-likeness (QED) is 0.344. The molecule has 0 heterocycles. The lowest BCUT2D eigenvalue weighted by molar-refractivity contribution is -0.178. The maximum atomic E-state index is 12.5. The predicted octanol–water partition coefficient (Wildman–Crippen LogP) is 5.43. The minimum absolute atomic E-state index is 0.0111. The third-order valence-electron chi connectivity index (χ3n) is 8.90. The average molecular weight is 363 g/mol. The van der Waals surface area contributed by atoms with Gasteiger partial charge in [0.2, 0.25) is 0 Å². The van der Waals surface area contributed by atoms with E-state index >= 15 is 0 Å². The normalized spacial score (nSPS) is 46.7. The molecule has 0 aromatic rings. The van der Waals surface area contributed by atoms with Crippen molar-refractivity contribution in [2.24, 2.45) is 46.8 Å². The molecule has 3 unspecified atom stereocenters. The van der Waals surface area contributed by atoms with Crippen LogP contribution in [-0.2, 0) is 14.3 Å². The van der Waals surface area contributed by atoms with Gasteiger partial charge in [0.1, 0.15) is 0 Å². The van der Waals surface area contributed by atoms with Crippen molar-refractivity contribution in [3.63, 3.8) is 0 Å². The van der Waals surface area contributed by atoms with Crippen LogP contribution in [0.2, 0.25) is 0 Å². The van der Waals surface area contributed by atoms with Crippen LogP contribution in [0.5, 0.6) is 0 Å². The number of hydrogen-bond donors (Lipinski definition) is 0. The van der Waals surface area contributed by atoms with Crippen molar-refractivity contribution in [2.75, 3.05) is 13.4 Å². The van der Waals surface area contributed by atoms with Crippen LogP contribution in [0.4, 0.5) is 0 Å². The molecule has 5 aliphatic carbocycles. The van der Waals surface area contributed by atoms with Crippen molar-refractivity contribution in [1.29, 1.82) is 0 Å². The van der Waals surface area contributed by atoms with Gasteiger partial charge in [0.05, 0.1) is 12.5 Å². The molecule has 5 aliphatic rings. The first-order valence-corrected chi connectivity index (χ1v) is 11.3. The third-order valence-corrected chi connectivity index (χ3v) is 8.90. The van der Waals surface area contributed by atoms with Crippen LogP contribution in [0.3, 0.4) is 0 Å². The van der Waals surface area contributed by atoms with E-state index in [4.69, 9.17) is 9.47 Å². The van der Waals surface area contributed by atoms with Crippen LogP contribution in [0, 0.1) is 46.8 Å². The summed E-state index contributed by atoms with van der Waals surface area (Å²) in [5.74, 6) is 4.94. The van der Waals surface area contributed by atoms with Gasteiger partial charge in [-0.05, 0) is 85.9 Å². The second-order valence-corrected chi connectivity index (χ2v) is 10.3. The summed E-state index contributed by atoms with van der Waals surface area (Å²) in [6.07, 6.45) is 11.6. The number of hydrogen-bond acceptors (Lipinski definition) is 3. The van der Waals surface area contributed by atoms with Gasteiger partial charge in [0.15, 0.2) is 6.79 Å². The van der Waals surface area contributed by atoms with Crippen LogP contribution >= 0.6 is 0 Å². The van der Waals surface area contributed by atoms with Crippen molar-refractivity contribution in [2.45, 2.75) is 78.6 Å². The van der Waals surface area contributed by atoms with E-state index < -0.39 is 0 Å². The Morgan fingerprint density at radius 3 is 2.15 bits per heavy atom. The lowest BCUT2D eigenvalue weighted by Crippen LogP contribution is -2.53. The first-order valence-electron chi connectivity index (χ1n) is 11.3. The first-order chi connectivity index (χ1) is 12.5. The highest BCUT2D eigenvalue weighted by atomic mass is 16.7. The summed E-state index contributed by atoms with van der Waals surface area (Å²) in [5, 5.41) is 0. The Morgan fingerprint density at radius 2 is 1.58 bits per heavy atom. The van der Waals surface area contributed by atoms with Gasteiger partial charge in [-0.25, -0.2) is 0 Å². The van der Waals surface area contributed by atoms with E-state index in [1.807, 2.05) is 0 Å². The molecule has 5 rings (SSSR count). The molecular weight excluding hydrogens is 324 g/mol. The van der Waals surface area contributed by atoms with Crippen LogP contribution < -0.4 is 0 Å². The van der Waals surface area contributed by atoms with Gasteiger partial charge in [0, 0.05) is 0 Å². The van der Waals surface area contributed by atoms with E-state index in [1.54, 1.807) is 0 Å². The average Bonchev–Trinajstić information content (AvgIpc) is 3.06. The fourth-order valence-electron chi connectivity index (χ4n) is 7.28. The van der Waals surface area contributed by atoms with Crippen LogP contribution in [0.15, 0.2) is 0 Å². The minimum atomic E-state index is -0.0111. The molecule has 26 heavy (non-hydrogen) atoms. The zero-order valence-electron chi connectivity index (χ0n) is 17.0. The van der Waals surface area contributed by atoms with E-state index in [-0.39, 0.29) is 18.7 Å². The summed E-state index contributed by atoms with van der Waals surface area (Å²) in [6.45, 7) is 7.81. The monoisotopic (exact) mass is 362 g/mol. The summed E-state index contributed by atoms with van der Waals surface area (Å²) in [6, 6.07) is 0. The maximum absolute atomic E-state index is 12.5. The fourth-order valence-corrected chi connectivity index (χ4v) is 7.28. The smallest absolute Gasteiger partial charge is 0.311 e. The molecule has 148 valence electrons. The van der Waals surface area contributed by atoms with E-state index in [9.17, 15) is 4.79 Å². The van der Waals surface area contributed by atoms with Gasteiger partial charge >= 0.3 is 5.97 Å². The predicted molar refractivity (Wildman–Crippen MR) is 102 cm³/mol. The number of carbonyl (C=O) groups excluding carboxylic acids is 1. The SMILES string of the molecule is CCC1CC(CC)C(C(=O)OCOCC2(C)C3CC4CC(C3)CC2C4)C1. The number of esters is 1. The Bertz CT molecular complexity index is 486. The molecule has 3 nitrogen and oxygen atoms in total. The van der Waals surface area contributed by atoms with Crippen molar-refractivity contribution < 1.29 is 14.3 Å².